The van der Waals surface area contributed by atoms with E-state index in [0.29, 0.717) is 18.0 Å². The fraction of sp³-hybridized carbons (Fsp3) is 0.458. The summed E-state index contributed by atoms with van der Waals surface area (Å²) in [5.41, 5.74) is -0.322. The summed E-state index contributed by atoms with van der Waals surface area (Å²) in [7, 11) is -4.28. The van der Waals surface area contributed by atoms with E-state index in [4.69, 9.17) is 16.3 Å². The van der Waals surface area contributed by atoms with E-state index in [1.54, 1.807) is 4.90 Å². The van der Waals surface area contributed by atoms with E-state index in [9.17, 15) is 17.6 Å². The first kappa shape index (κ1) is 22.6. The number of fused-ring (bicyclic) bond motifs is 3. The molecule has 1 amide bonds. The number of halogens is 3. The van der Waals surface area contributed by atoms with Gasteiger partial charge in [-0.15, -0.1) is 0 Å². The van der Waals surface area contributed by atoms with Crippen molar-refractivity contribution in [1.29, 1.82) is 0 Å². The Hall–Kier alpha value is -2.19. The number of likely N-dealkylation sites (tertiary alicyclic amines) is 1. The number of nitrogens with zero attached hydrogens (tertiary/aromatic N) is 1. The zero-order chi connectivity index (χ0) is 23.4. The van der Waals surface area contributed by atoms with Gasteiger partial charge in [-0.3, -0.25) is 4.79 Å². The van der Waals surface area contributed by atoms with E-state index in [1.165, 1.54) is 24.3 Å². The lowest BCUT2D eigenvalue weighted by atomic mass is 9.79. The molecule has 1 aliphatic carbocycles. The molecule has 2 atom stereocenters. The van der Waals surface area contributed by atoms with Gasteiger partial charge in [0.05, 0.1) is 16.5 Å². The lowest BCUT2D eigenvalue weighted by molar-refractivity contribution is -0.142. The number of hydrogen-bond acceptors (Lipinski definition) is 4. The van der Waals surface area contributed by atoms with Crippen LogP contribution in [0.25, 0.3) is 0 Å². The second-order valence-electron chi connectivity index (χ2n) is 9.02. The minimum Gasteiger partial charge on any atom is -0.488 e. The molecule has 33 heavy (non-hydrogen) atoms. The molecule has 2 fully saturated rings. The number of sulfone groups is 1. The van der Waals surface area contributed by atoms with E-state index in [-0.39, 0.29) is 41.1 Å². The summed E-state index contributed by atoms with van der Waals surface area (Å²) in [6, 6.07) is 6.53. The van der Waals surface area contributed by atoms with Crippen LogP contribution in [0.1, 0.15) is 44.1 Å². The molecule has 2 aliphatic heterocycles. The molecular weight excluding hydrogens is 472 g/mol. The molecule has 176 valence electrons. The number of rotatable bonds is 3. The van der Waals surface area contributed by atoms with Crippen LogP contribution >= 0.6 is 11.6 Å². The maximum Gasteiger partial charge on any atom is 0.226 e. The van der Waals surface area contributed by atoms with Crippen LogP contribution in [0.5, 0.6) is 5.75 Å². The number of amides is 1. The van der Waals surface area contributed by atoms with Gasteiger partial charge in [-0.05, 0) is 62.1 Å². The van der Waals surface area contributed by atoms with Gasteiger partial charge in [-0.2, -0.15) is 0 Å². The highest BCUT2D eigenvalue weighted by atomic mass is 35.5. The number of ether oxygens (including phenoxy) is 1. The molecule has 5 nitrogen and oxygen atoms in total. The SMILES string of the molecule is O=C(C1CCCC1)N1CCC[C@]2(S(=O)(=O)c3ccc(Cl)cc3)c3c(F)ccc(F)c3OC[C@H]12. The molecule has 0 N–H and O–H groups in total. The summed E-state index contributed by atoms with van der Waals surface area (Å²) in [6.07, 6.45) is 3.79. The van der Waals surface area contributed by atoms with Gasteiger partial charge in [-0.1, -0.05) is 24.4 Å². The van der Waals surface area contributed by atoms with Crippen molar-refractivity contribution in [3.05, 3.63) is 58.6 Å². The third-order valence-electron chi connectivity index (χ3n) is 7.32. The summed E-state index contributed by atoms with van der Waals surface area (Å²) in [4.78, 5) is 15.0. The van der Waals surface area contributed by atoms with Crippen LogP contribution in [0.3, 0.4) is 0 Å². The standard InChI is InChI=1S/C24H24ClF2NO4S/c25-16-6-8-17(9-7-16)33(30,31)24-12-3-13-28(23(29)15-4-1-2-5-15)20(24)14-32-22-19(27)11-10-18(26)21(22)24/h6-11,15,20H,1-5,12-14H2/t20-,24+/m0/s1. The molecule has 0 radical (unpaired) electrons. The van der Waals surface area contributed by atoms with Crippen LogP contribution < -0.4 is 4.74 Å². The van der Waals surface area contributed by atoms with Crippen molar-refractivity contribution >= 4 is 27.3 Å². The maximum atomic E-state index is 15.4. The van der Waals surface area contributed by atoms with Crippen LogP contribution in [-0.2, 0) is 19.4 Å². The lowest BCUT2D eigenvalue weighted by Gasteiger charge is -2.52. The Bertz CT molecular complexity index is 1200. The smallest absolute Gasteiger partial charge is 0.226 e. The zero-order valence-electron chi connectivity index (χ0n) is 17.9. The van der Waals surface area contributed by atoms with Crippen LogP contribution in [-0.4, -0.2) is 38.4 Å². The first-order valence-corrected chi connectivity index (χ1v) is 13.1. The largest absolute Gasteiger partial charge is 0.488 e. The normalized spacial score (nSPS) is 25.3. The minimum atomic E-state index is -4.28. The fourth-order valence-electron chi connectivity index (χ4n) is 5.78. The third kappa shape index (κ3) is 3.36. The molecule has 0 unspecified atom stereocenters. The summed E-state index contributed by atoms with van der Waals surface area (Å²) in [6.45, 7) is 0.131. The van der Waals surface area contributed by atoms with Gasteiger partial charge in [-0.25, -0.2) is 17.2 Å². The molecule has 2 aromatic carbocycles. The topological polar surface area (TPSA) is 63.7 Å². The van der Waals surface area contributed by atoms with E-state index in [0.717, 1.165) is 37.8 Å². The highest BCUT2D eigenvalue weighted by molar-refractivity contribution is 7.92. The molecule has 0 bridgehead atoms. The summed E-state index contributed by atoms with van der Waals surface area (Å²) >= 11 is 5.97. The second-order valence-corrected chi connectivity index (χ2v) is 11.7. The quantitative estimate of drug-likeness (QED) is 0.610. The number of piperidine rings is 1. The number of hydrogen-bond donors (Lipinski definition) is 0. The van der Waals surface area contributed by atoms with Gasteiger partial charge in [0.2, 0.25) is 5.91 Å². The first-order valence-electron chi connectivity index (χ1n) is 11.2. The van der Waals surface area contributed by atoms with Crippen LogP contribution in [0.15, 0.2) is 41.3 Å². The lowest BCUT2D eigenvalue weighted by Crippen LogP contribution is -2.64. The van der Waals surface area contributed by atoms with Gasteiger partial charge in [0.15, 0.2) is 21.4 Å². The number of carbonyl (C=O) groups excluding carboxylic acids is 1. The van der Waals surface area contributed by atoms with Crippen molar-refractivity contribution in [1.82, 2.24) is 4.90 Å². The van der Waals surface area contributed by atoms with Crippen molar-refractivity contribution in [3.63, 3.8) is 0 Å². The van der Waals surface area contributed by atoms with Crippen molar-refractivity contribution < 1.29 is 26.7 Å². The highest BCUT2D eigenvalue weighted by Crippen LogP contribution is 2.54. The Kier molecular flexibility index (Phi) is 5.64. The Balaban J connectivity index is 1.73. The van der Waals surface area contributed by atoms with Gasteiger partial charge in [0, 0.05) is 17.5 Å². The van der Waals surface area contributed by atoms with E-state index in [1.807, 2.05) is 0 Å². The fourth-order valence-corrected chi connectivity index (χ4v) is 8.24. The monoisotopic (exact) mass is 495 g/mol. The van der Waals surface area contributed by atoms with Crippen molar-refractivity contribution in [2.45, 2.75) is 54.2 Å². The molecular formula is C24H24ClF2NO4S. The molecule has 2 heterocycles. The average Bonchev–Trinajstić information content (AvgIpc) is 3.35. The molecule has 9 heteroatoms. The molecule has 0 spiro atoms. The number of carbonyl (C=O) groups is 1. The minimum absolute atomic E-state index is 0.0494. The summed E-state index contributed by atoms with van der Waals surface area (Å²) < 4.78 is 62.4. The maximum absolute atomic E-state index is 15.4. The Morgan fingerprint density at radius 2 is 1.70 bits per heavy atom. The molecule has 0 aromatic heterocycles. The summed E-state index contributed by atoms with van der Waals surface area (Å²) in [5, 5.41) is 0.356. The highest BCUT2D eigenvalue weighted by Gasteiger charge is 2.61. The van der Waals surface area contributed by atoms with Crippen LogP contribution in [0, 0.1) is 17.6 Å². The Labute approximate surface area is 196 Å². The second kappa shape index (κ2) is 8.24. The van der Waals surface area contributed by atoms with E-state index < -0.39 is 32.3 Å². The van der Waals surface area contributed by atoms with Crippen LogP contribution in [0.2, 0.25) is 5.02 Å². The van der Waals surface area contributed by atoms with Gasteiger partial charge in [0.1, 0.15) is 17.2 Å². The van der Waals surface area contributed by atoms with Gasteiger partial charge >= 0.3 is 0 Å². The molecule has 1 saturated carbocycles. The van der Waals surface area contributed by atoms with E-state index >= 15 is 4.39 Å². The van der Waals surface area contributed by atoms with E-state index in [2.05, 4.69) is 0 Å². The molecule has 3 aliphatic rings. The average molecular weight is 496 g/mol. The Morgan fingerprint density at radius 3 is 2.39 bits per heavy atom. The number of benzene rings is 2. The zero-order valence-corrected chi connectivity index (χ0v) is 19.5. The molecule has 5 rings (SSSR count). The third-order valence-corrected chi connectivity index (χ3v) is 10.1. The van der Waals surface area contributed by atoms with Crippen molar-refractivity contribution in [2.75, 3.05) is 13.2 Å². The summed E-state index contributed by atoms with van der Waals surface area (Å²) in [5.74, 6) is -2.38. The molecule has 1 saturated heterocycles. The molecule has 2 aromatic rings. The first-order chi connectivity index (χ1) is 15.8. The van der Waals surface area contributed by atoms with Crippen molar-refractivity contribution in [2.24, 2.45) is 5.92 Å². The van der Waals surface area contributed by atoms with Gasteiger partial charge in [0.25, 0.3) is 0 Å². The predicted octanol–water partition coefficient (Wildman–Crippen LogP) is 4.86. The predicted molar refractivity (Wildman–Crippen MR) is 119 cm³/mol. The van der Waals surface area contributed by atoms with Crippen molar-refractivity contribution in [3.8, 4) is 5.75 Å². The van der Waals surface area contributed by atoms with Gasteiger partial charge < -0.3 is 9.64 Å². The Morgan fingerprint density at radius 1 is 1.03 bits per heavy atom. The van der Waals surface area contributed by atoms with Crippen LogP contribution in [0.4, 0.5) is 8.78 Å².